The molecule has 0 saturated carbocycles. The predicted molar refractivity (Wildman–Crippen MR) is 335 cm³/mol. The minimum absolute atomic E-state index is 0.0231. The van der Waals surface area contributed by atoms with Crippen LogP contribution in [-0.2, 0) is 71.9 Å². The molecule has 0 aromatic heterocycles. The lowest BCUT2D eigenvalue weighted by Crippen LogP contribution is -2.56. The van der Waals surface area contributed by atoms with Crippen LogP contribution in [0.5, 0.6) is 0 Å². The summed E-state index contributed by atoms with van der Waals surface area (Å²) in [5.74, 6) is -12.1. The average molecular weight is 1310 g/mol. The lowest BCUT2D eigenvalue weighted by Gasteiger charge is -2.23. The van der Waals surface area contributed by atoms with E-state index in [9.17, 15) is 77.0 Å². The van der Waals surface area contributed by atoms with E-state index in [1.807, 2.05) is 0 Å². The highest BCUT2D eigenvalue weighted by atomic mass is 16.4. The van der Waals surface area contributed by atoms with Gasteiger partial charge in [0.05, 0.1) is 45.8 Å². The Labute approximate surface area is 534 Å². The van der Waals surface area contributed by atoms with Crippen molar-refractivity contribution in [3.8, 4) is 0 Å². The smallest absolute Gasteiger partial charge is 0.326 e. The monoisotopic (exact) mass is 1310 g/mol. The first-order chi connectivity index (χ1) is 43.6. The van der Waals surface area contributed by atoms with E-state index in [-0.39, 0.29) is 95.5 Å². The van der Waals surface area contributed by atoms with Gasteiger partial charge in [-0.2, -0.15) is 0 Å². The van der Waals surface area contributed by atoms with Crippen LogP contribution in [0.2, 0.25) is 0 Å². The molecule has 92 heavy (non-hydrogen) atoms. The Kier molecular flexibility index (Phi) is 44.2. The molecule has 0 unspecified atom stereocenters. The number of amides is 14. The van der Waals surface area contributed by atoms with E-state index in [4.69, 9.17) is 34.4 Å². The van der Waals surface area contributed by atoms with Crippen molar-refractivity contribution in [3.63, 3.8) is 0 Å². The Balaban J connectivity index is 5.48. The van der Waals surface area contributed by atoms with Crippen LogP contribution >= 0.6 is 0 Å². The number of carboxylic acid groups (broad SMARTS) is 1. The van der Waals surface area contributed by atoms with Crippen LogP contribution in [0.1, 0.15) is 124 Å². The summed E-state index contributed by atoms with van der Waals surface area (Å²) in [6, 6.07) is -8.46. The summed E-state index contributed by atoms with van der Waals surface area (Å²) >= 11 is 0. The third-order valence-corrected chi connectivity index (χ3v) is 13.2. The molecular weight excluding hydrogens is 1210 g/mol. The van der Waals surface area contributed by atoms with Gasteiger partial charge in [0.2, 0.25) is 82.7 Å². The maximum atomic E-state index is 13.4. The number of unbranched alkanes of at least 4 members (excludes halogenated alkanes) is 4. The van der Waals surface area contributed by atoms with Gasteiger partial charge in [0, 0.05) is 20.0 Å². The Hall–Kier alpha value is -8.84. The van der Waals surface area contributed by atoms with Crippen LogP contribution in [0.25, 0.3) is 0 Å². The number of nitrogens with zero attached hydrogens (tertiary/aromatic N) is 1. The SMILES string of the molecule is CC(=O)NCCCC[C@H](NC(=O)CN)C(=O)NCC(=O)NCC(=O)N[C@@H](CCCCN)C(=O)NCC(=O)N[C@@H](CC(C)C)C(=O)NCC(=O)N[C@@H](CCCCN)C(=O)NCC(=O)NCC(=O)N[C@@H](C)C(=O)N[C@@H](CCCCN)C(=O)N[C@@H](CCCN=C(N)N)C(=O)O. The first-order valence-corrected chi connectivity index (χ1v) is 30.6. The van der Waals surface area contributed by atoms with Crippen molar-refractivity contribution in [3.05, 3.63) is 0 Å². The highest BCUT2D eigenvalue weighted by Gasteiger charge is 2.30. The van der Waals surface area contributed by atoms with Gasteiger partial charge < -0.3 is 114 Å². The first kappa shape index (κ1) is 83.2. The molecule has 0 aromatic carbocycles. The number of hydrogen-bond donors (Lipinski definition) is 21. The van der Waals surface area contributed by atoms with Crippen LogP contribution in [0.15, 0.2) is 4.99 Å². The number of nitrogens with two attached hydrogens (primary N) is 6. The summed E-state index contributed by atoms with van der Waals surface area (Å²) in [5, 5.41) is 43.8. The van der Waals surface area contributed by atoms with Crippen LogP contribution in [0.4, 0.5) is 0 Å². The molecule has 37 heteroatoms. The quantitative estimate of drug-likeness (QED) is 0.0153. The Morgan fingerprint density at radius 2 is 0.717 bits per heavy atom. The zero-order valence-corrected chi connectivity index (χ0v) is 53.2. The van der Waals surface area contributed by atoms with E-state index in [1.54, 1.807) is 13.8 Å². The second-order valence-corrected chi connectivity index (χ2v) is 21.8. The van der Waals surface area contributed by atoms with Crippen molar-refractivity contribution >= 4 is 94.6 Å². The number of carboxylic acids is 1. The number of carbonyl (C=O) groups excluding carboxylic acids is 14. The third-order valence-electron chi connectivity index (χ3n) is 13.2. The molecule has 0 spiro atoms. The van der Waals surface area contributed by atoms with Gasteiger partial charge in [0.15, 0.2) is 5.96 Å². The van der Waals surface area contributed by atoms with E-state index >= 15 is 0 Å². The van der Waals surface area contributed by atoms with E-state index in [0.29, 0.717) is 57.9 Å². The van der Waals surface area contributed by atoms with Crippen molar-refractivity contribution in [2.75, 3.05) is 78.5 Å². The summed E-state index contributed by atoms with van der Waals surface area (Å²) in [6.07, 6.45) is 4.16. The van der Waals surface area contributed by atoms with E-state index in [0.717, 1.165) is 0 Å². The highest BCUT2D eigenvalue weighted by molar-refractivity contribution is 5.97. The fourth-order valence-corrected chi connectivity index (χ4v) is 8.32. The minimum atomic E-state index is -1.33. The number of nitrogens with one attached hydrogen (secondary N) is 14. The summed E-state index contributed by atoms with van der Waals surface area (Å²) in [4.78, 5) is 195. The lowest BCUT2D eigenvalue weighted by molar-refractivity contribution is -0.142. The maximum absolute atomic E-state index is 13.4. The predicted octanol–water partition coefficient (Wildman–Crippen LogP) is -9.07. The van der Waals surface area contributed by atoms with Crippen molar-refractivity contribution in [1.29, 1.82) is 0 Å². The molecule has 14 amide bonds. The topological polar surface area (TPSA) is 613 Å². The molecule has 0 aliphatic carbocycles. The maximum Gasteiger partial charge on any atom is 0.326 e. The van der Waals surface area contributed by atoms with Gasteiger partial charge in [0.25, 0.3) is 0 Å². The van der Waals surface area contributed by atoms with Crippen molar-refractivity contribution < 1.29 is 77.0 Å². The number of carbonyl (C=O) groups is 15. The van der Waals surface area contributed by atoms with E-state index in [1.165, 1.54) is 13.8 Å². The van der Waals surface area contributed by atoms with Crippen LogP contribution in [0, 0.1) is 5.92 Å². The second kappa shape index (κ2) is 48.9. The molecule has 0 fully saturated rings. The zero-order chi connectivity index (χ0) is 69.6. The van der Waals surface area contributed by atoms with E-state index < -0.39 is 164 Å². The molecular formula is C55H101N21O16. The molecule has 0 bridgehead atoms. The molecule has 7 atom stereocenters. The summed E-state index contributed by atoms with van der Waals surface area (Å²) in [7, 11) is 0. The summed E-state index contributed by atoms with van der Waals surface area (Å²) < 4.78 is 0. The lowest BCUT2D eigenvalue weighted by atomic mass is 10.0. The van der Waals surface area contributed by atoms with Crippen molar-refractivity contribution in [1.82, 2.24) is 74.4 Å². The number of guanidine groups is 1. The highest BCUT2D eigenvalue weighted by Crippen LogP contribution is 2.08. The molecule has 0 saturated heterocycles. The van der Waals surface area contributed by atoms with Gasteiger partial charge in [0.1, 0.15) is 42.3 Å². The number of aliphatic imine (C=N–C) groups is 1. The van der Waals surface area contributed by atoms with Crippen molar-refractivity contribution in [2.24, 2.45) is 45.3 Å². The molecule has 27 N–H and O–H groups in total. The zero-order valence-electron chi connectivity index (χ0n) is 53.2. The summed E-state index contributed by atoms with van der Waals surface area (Å²) in [6.45, 7) is 3.25. The normalized spacial score (nSPS) is 13.0. The van der Waals surface area contributed by atoms with Gasteiger partial charge in [-0.25, -0.2) is 4.79 Å². The molecule has 0 radical (unpaired) electrons. The third kappa shape index (κ3) is 40.7. The molecule has 37 nitrogen and oxygen atoms in total. The molecule has 0 heterocycles. The standard InChI is InChI=1S/C55H101N21O16/c1-32(2)24-40(74-47(84)31-68-51(88)37(15-6-10-20-57)72-45(82)29-65-43(80)27-66-49(86)35(71-41(78)25-59)17-8-12-22-62-34(4)77)52(89)69-30-46(83)73-36(14-5-9-19-56)50(87)67-26-42(79)64-28-44(81)70-33(3)48(85)75-38(16-7-11-21-58)53(90)76-39(54(91)92)18-13-23-63-55(60)61/h32-33,35-40H,5-31,56-59H2,1-4H3,(H,62,77)(H,64,79)(H,65,80)(H,66,86)(H,67,87)(H,68,88)(H,69,89)(H,70,81)(H,71,78)(H,72,82)(H,73,83)(H,74,84)(H,75,85)(H,76,90)(H,91,92)(H4,60,61,63)/t33-,35-,36-,37-,38-,39-,40-/m0/s1. The van der Waals surface area contributed by atoms with Gasteiger partial charge in [-0.05, 0) is 129 Å². The number of aliphatic carboxylic acids is 1. The molecule has 0 aromatic rings. The summed E-state index contributed by atoms with van der Waals surface area (Å²) in [5.41, 5.74) is 32.8. The largest absolute Gasteiger partial charge is 0.480 e. The average Bonchev–Trinajstić information content (AvgIpc) is 3.46. The first-order valence-electron chi connectivity index (χ1n) is 30.6. The van der Waals surface area contributed by atoms with Crippen LogP contribution < -0.4 is 109 Å². The van der Waals surface area contributed by atoms with Gasteiger partial charge in [-0.3, -0.25) is 72.1 Å². The number of hydrogen-bond acceptors (Lipinski definition) is 20. The Morgan fingerprint density at radius 3 is 1.11 bits per heavy atom. The second-order valence-electron chi connectivity index (χ2n) is 21.8. The fourth-order valence-electron chi connectivity index (χ4n) is 8.32. The Morgan fingerprint density at radius 1 is 0.370 bits per heavy atom. The fraction of sp³-hybridized carbons (Fsp3) is 0.709. The van der Waals surface area contributed by atoms with Gasteiger partial charge in [-0.1, -0.05) is 13.8 Å². The van der Waals surface area contributed by atoms with Crippen LogP contribution in [0.3, 0.4) is 0 Å². The Bertz CT molecular complexity index is 2450. The molecule has 0 rings (SSSR count). The molecule has 522 valence electrons. The molecule has 0 aliphatic heterocycles. The van der Waals surface area contributed by atoms with Gasteiger partial charge >= 0.3 is 5.97 Å². The minimum Gasteiger partial charge on any atom is -0.480 e. The van der Waals surface area contributed by atoms with Crippen molar-refractivity contribution in [2.45, 2.75) is 166 Å². The molecule has 0 aliphatic rings. The number of rotatable bonds is 50. The van der Waals surface area contributed by atoms with Gasteiger partial charge in [-0.15, -0.1) is 0 Å². The van der Waals surface area contributed by atoms with E-state index in [2.05, 4.69) is 79.4 Å². The van der Waals surface area contributed by atoms with Crippen LogP contribution in [-0.4, -0.2) is 221 Å².